The van der Waals surface area contributed by atoms with E-state index < -0.39 is 22.2 Å². The van der Waals surface area contributed by atoms with Crippen LogP contribution in [0.5, 0.6) is 0 Å². The van der Waals surface area contributed by atoms with Gasteiger partial charge in [-0.1, -0.05) is 36.4 Å². The maximum atomic E-state index is 11.2. The van der Waals surface area contributed by atoms with Gasteiger partial charge in [0.25, 0.3) is 10.2 Å². The molecule has 1 unspecified atom stereocenters. The fraction of sp³-hybridized carbons (Fsp3) is 0.158. The molecule has 4 rings (SSSR count). The van der Waals surface area contributed by atoms with E-state index in [0.29, 0.717) is 0 Å². The average Bonchev–Trinajstić information content (AvgIpc) is 3.32. The van der Waals surface area contributed by atoms with Crippen LogP contribution in [0.15, 0.2) is 52.9 Å². The second-order valence-corrected chi connectivity index (χ2v) is 9.12. The van der Waals surface area contributed by atoms with E-state index in [0.717, 1.165) is 26.4 Å². The number of hydrogen-bond acceptors (Lipinski definition) is 8. The molecule has 31 heavy (non-hydrogen) atoms. The first-order valence-electron chi connectivity index (χ1n) is 9.06. The van der Waals surface area contributed by atoms with Gasteiger partial charge in [0.2, 0.25) is 11.8 Å². The molecule has 0 aliphatic carbocycles. The number of aromatic nitrogens is 3. The van der Waals surface area contributed by atoms with Crippen molar-refractivity contribution in [2.24, 2.45) is 5.14 Å². The van der Waals surface area contributed by atoms with E-state index in [1.165, 1.54) is 11.3 Å². The summed E-state index contributed by atoms with van der Waals surface area (Å²) in [5, 5.41) is 22.4. The van der Waals surface area contributed by atoms with Crippen LogP contribution >= 0.6 is 11.3 Å². The van der Waals surface area contributed by atoms with Gasteiger partial charge in [0.05, 0.1) is 23.1 Å². The van der Waals surface area contributed by atoms with E-state index in [1.807, 2.05) is 47.2 Å². The van der Waals surface area contributed by atoms with Crippen molar-refractivity contribution in [3.63, 3.8) is 0 Å². The lowest BCUT2D eigenvalue weighted by atomic mass is 10.1. The van der Waals surface area contributed by atoms with Crippen molar-refractivity contribution in [3.05, 3.63) is 65.3 Å². The predicted octanol–water partition coefficient (Wildman–Crippen LogP) is 1.73. The summed E-state index contributed by atoms with van der Waals surface area (Å²) in [7, 11) is -4.20. The molecule has 2 aromatic carbocycles. The molecule has 0 fully saturated rings. The first-order valence-corrected chi connectivity index (χ1v) is 11.4. The highest BCUT2D eigenvalue weighted by Gasteiger charge is 2.25. The lowest BCUT2D eigenvalue weighted by Crippen LogP contribution is -2.45. The summed E-state index contributed by atoms with van der Waals surface area (Å²) >= 11 is 1.50. The molecule has 0 bridgehead atoms. The van der Waals surface area contributed by atoms with E-state index in [2.05, 4.69) is 21.2 Å². The third kappa shape index (κ3) is 5.30. The molecule has 4 aromatic rings. The lowest BCUT2D eigenvalue weighted by molar-refractivity contribution is -0.139. The Bertz CT molecular complexity index is 1330. The minimum Gasteiger partial charge on any atom is -0.480 e. The number of carboxylic acid groups (broad SMARTS) is 1. The molecule has 0 amide bonds. The van der Waals surface area contributed by atoms with Crippen LogP contribution in [0, 0.1) is 0 Å². The number of nitrogens with zero attached hydrogens (tertiary/aromatic N) is 3. The molecule has 1 atom stereocenters. The number of thiazole rings is 1. The number of benzene rings is 2. The average molecular weight is 460 g/mol. The Morgan fingerprint density at radius 2 is 1.87 bits per heavy atom. The van der Waals surface area contributed by atoms with Crippen molar-refractivity contribution in [3.8, 4) is 11.1 Å². The van der Waals surface area contributed by atoms with E-state index in [1.54, 1.807) is 0 Å². The molecule has 0 saturated carbocycles. The number of rotatable bonds is 8. The number of carbonyl (C=O) groups is 1. The van der Waals surface area contributed by atoms with Gasteiger partial charge in [-0.2, -0.15) is 13.1 Å². The first-order chi connectivity index (χ1) is 14.8. The quantitative estimate of drug-likeness (QED) is 0.359. The standard InChI is InChI=1S/C19H17N5O5S2/c20-31(27,28)24-14(19(25)26)9-16-22-23-17(29-16)10-18-21-13-7-6-12(8-15(13)30-18)11-4-2-1-3-5-11/h1-8,14,24H,9-10H2,(H,25,26)(H2,20,27,28). The molecular formula is C19H17N5O5S2. The maximum Gasteiger partial charge on any atom is 0.322 e. The number of nitrogens with one attached hydrogen (secondary N) is 1. The Morgan fingerprint density at radius 3 is 2.58 bits per heavy atom. The summed E-state index contributed by atoms with van der Waals surface area (Å²) in [6.45, 7) is 0. The highest BCUT2D eigenvalue weighted by molar-refractivity contribution is 7.87. The molecule has 0 saturated heterocycles. The number of fused-ring (bicyclic) bond motifs is 1. The Kier molecular flexibility index (Phi) is 5.78. The summed E-state index contributed by atoms with van der Waals surface area (Å²) in [6.07, 6.45) is -0.0631. The third-order valence-electron chi connectivity index (χ3n) is 4.33. The van der Waals surface area contributed by atoms with Crippen LogP contribution in [0.1, 0.15) is 16.8 Å². The molecule has 0 aliphatic rings. The van der Waals surface area contributed by atoms with Crippen LogP contribution in [0.2, 0.25) is 0 Å². The van der Waals surface area contributed by atoms with Gasteiger partial charge in [0, 0.05) is 0 Å². The largest absolute Gasteiger partial charge is 0.480 e. The second kappa shape index (κ2) is 8.51. The highest BCUT2D eigenvalue weighted by atomic mass is 32.2. The number of carboxylic acids is 1. The Labute approximate surface area is 180 Å². The van der Waals surface area contributed by atoms with Crippen molar-refractivity contribution in [1.29, 1.82) is 0 Å². The maximum absolute atomic E-state index is 11.2. The van der Waals surface area contributed by atoms with Crippen molar-refractivity contribution in [1.82, 2.24) is 19.9 Å². The SMILES string of the molecule is NS(=O)(=O)NC(Cc1nnc(Cc2nc3ccc(-c4ccccc4)cc3s2)o1)C(=O)O. The van der Waals surface area contributed by atoms with Crippen molar-refractivity contribution in [2.75, 3.05) is 0 Å². The van der Waals surface area contributed by atoms with E-state index in [-0.39, 0.29) is 24.6 Å². The first kappa shape index (κ1) is 21.1. The monoisotopic (exact) mass is 459 g/mol. The van der Waals surface area contributed by atoms with Crippen LogP contribution in [0.3, 0.4) is 0 Å². The summed E-state index contributed by atoms with van der Waals surface area (Å²) in [6, 6.07) is 14.5. The zero-order valence-electron chi connectivity index (χ0n) is 15.9. The van der Waals surface area contributed by atoms with Crippen LogP contribution in [-0.4, -0.2) is 40.7 Å². The van der Waals surface area contributed by atoms with Gasteiger partial charge >= 0.3 is 5.97 Å². The van der Waals surface area contributed by atoms with Gasteiger partial charge in [-0.25, -0.2) is 10.1 Å². The van der Waals surface area contributed by atoms with Gasteiger partial charge in [-0.3, -0.25) is 4.79 Å². The van der Waals surface area contributed by atoms with Crippen LogP contribution in [0.25, 0.3) is 21.3 Å². The molecule has 0 aliphatic heterocycles. The lowest BCUT2D eigenvalue weighted by Gasteiger charge is -2.09. The minimum absolute atomic E-state index is 0.0222. The summed E-state index contributed by atoms with van der Waals surface area (Å²) < 4.78 is 30.5. The minimum atomic E-state index is -4.20. The second-order valence-electron chi connectivity index (χ2n) is 6.68. The Balaban J connectivity index is 1.49. The van der Waals surface area contributed by atoms with Gasteiger partial charge in [0.1, 0.15) is 11.0 Å². The van der Waals surface area contributed by atoms with Crippen molar-refractivity contribution < 1.29 is 22.7 Å². The fourth-order valence-corrected chi connectivity index (χ4v) is 4.56. The molecule has 0 spiro atoms. The molecule has 160 valence electrons. The summed E-state index contributed by atoms with van der Waals surface area (Å²) in [5.74, 6) is -1.18. The molecule has 2 heterocycles. The number of hydrogen-bond donors (Lipinski definition) is 3. The van der Waals surface area contributed by atoms with Crippen molar-refractivity contribution >= 4 is 37.7 Å². The summed E-state index contributed by atoms with van der Waals surface area (Å²) in [5.41, 5.74) is 3.05. The van der Waals surface area contributed by atoms with Gasteiger partial charge in [-0.05, 0) is 23.3 Å². The fourth-order valence-electron chi connectivity index (χ4n) is 2.98. The normalized spacial score (nSPS) is 12.8. The Morgan fingerprint density at radius 1 is 1.13 bits per heavy atom. The molecule has 4 N–H and O–H groups in total. The van der Waals surface area contributed by atoms with E-state index in [4.69, 9.17) is 14.7 Å². The van der Waals surface area contributed by atoms with Gasteiger partial charge in [0.15, 0.2) is 0 Å². The van der Waals surface area contributed by atoms with Gasteiger partial charge in [-0.15, -0.1) is 21.5 Å². The van der Waals surface area contributed by atoms with Crippen LogP contribution < -0.4 is 9.86 Å². The highest BCUT2D eigenvalue weighted by Crippen LogP contribution is 2.29. The molecule has 10 nitrogen and oxygen atoms in total. The number of aliphatic carboxylic acids is 1. The zero-order chi connectivity index (χ0) is 22.0. The van der Waals surface area contributed by atoms with E-state index in [9.17, 15) is 13.2 Å². The zero-order valence-corrected chi connectivity index (χ0v) is 17.6. The van der Waals surface area contributed by atoms with Crippen molar-refractivity contribution in [2.45, 2.75) is 18.9 Å². The van der Waals surface area contributed by atoms with Crippen LogP contribution in [0.4, 0.5) is 0 Å². The van der Waals surface area contributed by atoms with Crippen LogP contribution in [-0.2, 0) is 27.8 Å². The molecule has 12 heteroatoms. The molecule has 0 radical (unpaired) electrons. The topological polar surface area (TPSA) is 161 Å². The van der Waals surface area contributed by atoms with Gasteiger partial charge < -0.3 is 9.52 Å². The third-order valence-corrected chi connectivity index (χ3v) is 5.97. The molecular weight excluding hydrogens is 442 g/mol. The Hall–Kier alpha value is -3.19. The number of nitrogens with two attached hydrogens (primary N) is 1. The smallest absolute Gasteiger partial charge is 0.322 e. The van der Waals surface area contributed by atoms with E-state index >= 15 is 0 Å². The molecule has 2 aromatic heterocycles. The predicted molar refractivity (Wildman–Crippen MR) is 114 cm³/mol. The summed E-state index contributed by atoms with van der Waals surface area (Å²) in [4.78, 5) is 15.8.